The van der Waals surface area contributed by atoms with Crippen LogP contribution < -0.4 is 11.2 Å². The van der Waals surface area contributed by atoms with E-state index < -0.39 is 63.0 Å². The van der Waals surface area contributed by atoms with Gasteiger partial charge in [-0.05, 0) is 4.57 Å². The molecule has 3 N–H and O–H groups in total. The molecule has 0 aromatic carbocycles. The van der Waals surface area contributed by atoms with Crippen molar-refractivity contribution in [3.8, 4) is 0 Å². The molecule has 2 aliphatic rings. The van der Waals surface area contributed by atoms with Crippen LogP contribution in [0.3, 0.4) is 0 Å². The highest BCUT2D eigenvalue weighted by Gasteiger charge is 2.65. The minimum atomic E-state index is -3.96. The number of aromatic amines is 1. The Morgan fingerprint density at radius 2 is 1.87 bits per heavy atom. The van der Waals surface area contributed by atoms with E-state index in [9.17, 15) is 23.6 Å². The molecule has 1 aliphatic carbocycles. The summed E-state index contributed by atoms with van der Waals surface area (Å²) in [5.74, 6) is -0.404. The molecule has 1 saturated heterocycles. The molecule has 1 aromatic rings. The van der Waals surface area contributed by atoms with Crippen molar-refractivity contribution in [3.63, 3.8) is 0 Å². The van der Waals surface area contributed by atoms with Gasteiger partial charge in [0, 0.05) is 43.1 Å². The molecule has 0 bridgehead atoms. The van der Waals surface area contributed by atoms with Crippen LogP contribution in [0.2, 0.25) is 0 Å². The lowest BCUT2D eigenvalue weighted by molar-refractivity contribution is -0.130. The number of methoxy groups -OCH3 is 1. The monoisotopic (exact) mass is 485 g/mol. The molecule has 178 valence electrons. The van der Waals surface area contributed by atoms with E-state index in [0.29, 0.717) is 6.42 Å². The van der Waals surface area contributed by atoms with Crippen LogP contribution >= 0.6 is 15.6 Å². The Morgan fingerprint density at radius 3 is 2.35 bits per heavy atom. The molecule has 14 heteroatoms. The fourth-order valence-corrected chi connectivity index (χ4v) is 5.02. The topological polar surface area (TPSA) is 166 Å². The van der Waals surface area contributed by atoms with Gasteiger partial charge in [0.1, 0.15) is 12.2 Å². The molecule has 2 heterocycles. The predicted octanol–water partition coefficient (Wildman–Crippen LogP) is 2.32. The van der Waals surface area contributed by atoms with Crippen molar-refractivity contribution < 1.29 is 38.0 Å². The molecular weight excluding hydrogens is 454 g/mol. The number of ether oxygens (including phenoxy) is 2. The maximum Gasteiger partial charge on any atom is 0.542 e. The number of rotatable bonds is 7. The van der Waals surface area contributed by atoms with E-state index in [4.69, 9.17) is 19.3 Å². The van der Waals surface area contributed by atoms with E-state index in [-0.39, 0.29) is 0 Å². The van der Waals surface area contributed by atoms with Crippen LogP contribution in [0, 0.1) is 5.92 Å². The van der Waals surface area contributed by atoms with E-state index >= 15 is 0 Å². The van der Waals surface area contributed by atoms with Crippen molar-refractivity contribution in [1.82, 2.24) is 9.55 Å². The molecule has 0 spiro atoms. The van der Waals surface area contributed by atoms with Gasteiger partial charge in [-0.3, -0.25) is 23.4 Å². The summed E-state index contributed by atoms with van der Waals surface area (Å²) < 4.78 is 45.0. The molecule has 1 aliphatic heterocycles. The first-order valence-corrected chi connectivity index (χ1v) is 13.2. The zero-order chi connectivity index (χ0) is 23.9. The zero-order valence-electron chi connectivity index (χ0n) is 18.3. The first kappa shape index (κ1) is 27.8. The second kappa shape index (κ2) is 12.1. The lowest BCUT2D eigenvalue weighted by Crippen LogP contribution is -2.39. The van der Waals surface area contributed by atoms with Gasteiger partial charge in [-0.1, -0.05) is 27.7 Å². The van der Waals surface area contributed by atoms with Gasteiger partial charge in [-0.25, -0.2) is 10.1 Å². The van der Waals surface area contributed by atoms with Crippen LogP contribution in [0.1, 0.15) is 40.3 Å². The Balaban J connectivity index is 0.00000113. The second-order valence-corrected chi connectivity index (χ2v) is 9.63. The van der Waals surface area contributed by atoms with Crippen LogP contribution in [-0.4, -0.2) is 57.4 Å². The normalized spacial score (nSPS) is 31.4. The third-order valence-corrected chi connectivity index (χ3v) is 6.45. The molecule has 0 radical (unpaired) electrons. The number of H-pyrrole nitrogens is 1. The summed E-state index contributed by atoms with van der Waals surface area (Å²) in [4.78, 5) is 35.2. The van der Waals surface area contributed by atoms with Crippen molar-refractivity contribution in [1.29, 1.82) is 0 Å². The van der Waals surface area contributed by atoms with Gasteiger partial charge in [-0.15, -0.1) is 0 Å². The molecule has 31 heavy (non-hydrogen) atoms. The van der Waals surface area contributed by atoms with E-state index in [1.807, 2.05) is 27.7 Å². The van der Waals surface area contributed by atoms with Crippen LogP contribution in [0.25, 0.3) is 0 Å². The van der Waals surface area contributed by atoms with Crippen LogP contribution in [0.5, 0.6) is 0 Å². The van der Waals surface area contributed by atoms with Crippen molar-refractivity contribution in [2.45, 2.75) is 64.3 Å². The van der Waals surface area contributed by atoms with E-state index in [1.165, 1.54) is 13.3 Å². The highest BCUT2D eigenvalue weighted by molar-refractivity contribution is 7.51. The zero-order valence-corrected chi connectivity index (χ0v) is 20.1. The third-order valence-electron chi connectivity index (χ3n) is 4.52. The fourth-order valence-electron chi connectivity index (χ4n) is 3.31. The number of hydrogen-bond donors (Lipinski definition) is 3. The van der Waals surface area contributed by atoms with Crippen LogP contribution in [0.15, 0.2) is 21.9 Å². The Hall–Kier alpha value is -1.23. The maximum atomic E-state index is 12.1. The summed E-state index contributed by atoms with van der Waals surface area (Å²) in [6.07, 6.45) is -2.36. The molecule has 0 amide bonds. The lowest BCUT2D eigenvalue weighted by atomic mass is 10.1. The Bertz CT molecular complexity index is 882. The highest BCUT2D eigenvalue weighted by Crippen LogP contribution is 2.57. The third kappa shape index (κ3) is 6.87. The second-order valence-electron chi connectivity index (χ2n) is 6.42. The lowest BCUT2D eigenvalue weighted by Gasteiger charge is -2.24. The highest BCUT2D eigenvalue weighted by atomic mass is 31.2. The number of aromatic nitrogens is 2. The van der Waals surface area contributed by atoms with Crippen molar-refractivity contribution in [2.75, 3.05) is 13.8 Å². The summed E-state index contributed by atoms with van der Waals surface area (Å²) in [5.41, 5.74) is -1.88. The molecule has 1 aromatic heterocycles. The first-order chi connectivity index (χ1) is 14.7. The van der Waals surface area contributed by atoms with Crippen LogP contribution in [0.4, 0.5) is 0 Å². The average Bonchev–Trinajstić information content (AvgIpc) is 3.45. The van der Waals surface area contributed by atoms with Gasteiger partial charge in [0.05, 0.1) is 6.10 Å². The number of nitrogens with one attached hydrogen (secondary N) is 1. The van der Waals surface area contributed by atoms with E-state index in [1.54, 1.807) is 0 Å². The summed E-state index contributed by atoms with van der Waals surface area (Å²) >= 11 is 0. The molecule has 8 atom stereocenters. The minimum absolute atomic E-state index is 0.364. The quantitative estimate of drug-likeness (QED) is 0.296. The SMILES string of the molecule is CC.CC.COC1C(OP(C)(=O)O)C(C2CC2[P+](=O)OO)OC1n1ccc(=O)[nH]c1=O. The molecule has 2 fully saturated rings. The van der Waals surface area contributed by atoms with Crippen LogP contribution in [-0.2, 0) is 27.8 Å². The van der Waals surface area contributed by atoms with Gasteiger partial charge in [0.15, 0.2) is 11.9 Å². The maximum absolute atomic E-state index is 12.1. The Morgan fingerprint density at radius 1 is 1.26 bits per heavy atom. The largest absolute Gasteiger partial charge is 0.542 e. The number of hydrogen-bond acceptors (Lipinski definition) is 9. The number of nitrogens with zero attached hydrogens (tertiary/aromatic N) is 1. The summed E-state index contributed by atoms with van der Waals surface area (Å²) in [5, 5.41) is 8.60. The fraction of sp³-hybridized carbons (Fsp3) is 0.765. The Kier molecular flexibility index (Phi) is 10.9. The molecule has 1 saturated carbocycles. The molecule has 8 unspecified atom stereocenters. The van der Waals surface area contributed by atoms with Crippen molar-refractivity contribution >= 4 is 15.6 Å². The van der Waals surface area contributed by atoms with E-state index in [0.717, 1.165) is 17.3 Å². The smallest absolute Gasteiger partial charge is 0.374 e. The minimum Gasteiger partial charge on any atom is -0.374 e. The van der Waals surface area contributed by atoms with Gasteiger partial charge in [0.25, 0.3) is 5.56 Å². The van der Waals surface area contributed by atoms with E-state index in [2.05, 4.69) is 9.66 Å². The van der Waals surface area contributed by atoms with Crippen molar-refractivity contribution in [2.24, 2.45) is 5.92 Å². The summed E-state index contributed by atoms with van der Waals surface area (Å²) in [6, 6.07) is 1.12. The average molecular weight is 485 g/mol. The molecular formula is C17H31N2O10P2+. The van der Waals surface area contributed by atoms with Crippen molar-refractivity contribution in [3.05, 3.63) is 33.1 Å². The molecule has 12 nitrogen and oxygen atoms in total. The standard InChI is InChI=1S/C13H18N2O10P2.2C2H6/c1-22-11-10(24-27(2,20)21)9(6-5-7(6)26(19)25-18)23-12(11)15-4-3-8(16)14-13(15)17;2*1-2/h3-4,6-7,9-12H,5H2,1-2H3,(H2-,14,16,17,18,20,21);2*1-2H3/p+1. The van der Waals surface area contributed by atoms with Gasteiger partial charge < -0.3 is 14.4 Å². The Labute approximate surface area is 180 Å². The van der Waals surface area contributed by atoms with Gasteiger partial charge in [0.2, 0.25) is 0 Å². The van der Waals surface area contributed by atoms with Gasteiger partial charge in [-0.2, -0.15) is 0 Å². The summed E-state index contributed by atoms with van der Waals surface area (Å²) in [6.45, 7) is 9.00. The predicted molar refractivity (Wildman–Crippen MR) is 113 cm³/mol. The summed E-state index contributed by atoms with van der Waals surface area (Å²) in [7, 11) is -5.00. The first-order valence-electron chi connectivity index (χ1n) is 9.92. The van der Waals surface area contributed by atoms with Gasteiger partial charge >= 0.3 is 21.3 Å². The molecule has 3 rings (SSSR count).